The van der Waals surface area contributed by atoms with Gasteiger partial charge in [-0.05, 0) is 29.7 Å². The second-order valence-electron chi connectivity index (χ2n) is 6.88. The van der Waals surface area contributed by atoms with Gasteiger partial charge in [-0.1, -0.05) is 62.2 Å². The van der Waals surface area contributed by atoms with E-state index in [9.17, 15) is 13.2 Å². The van der Waals surface area contributed by atoms with E-state index in [-0.39, 0.29) is 10.7 Å². The van der Waals surface area contributed by atoms with E-state index in [1.54, 1.807) is 31.4 Å². The molecule has 1 unspecified atom stereocenters. The molecule has 2 aromatic carbocycles. The fourth-order valence-electron chi connectivity index (χ4n) is 3.66. The lowest BCUT2D eigenvalue weighted by molar-refractivity contribution is -0.131. The van der Waals surface area contributed by atoms with Crippen molar-refractivity contribution in [2.24, 2.45) is 0 Å². The molecule has 0 N–H and O–H groups in total. The standard InChI is InChI=1S/C22H24O4S/c1-4-5-15-22(26-2)20(17-11-13-18(14-12-17)27(3,24)25)19(21(22)23)16-9-7-6-8-10-16/h6-14H,4-5,15H2,1-3H3. The smallest absolute Gasteiger partial charge is 0.200 e. The molecule has 0 saturated heterocycles. The van der Waals surface area contributed by atoms with Crippen LogP contribution in [0.1, 0.15) is 37.3 Å². The highest BCUT2D eigenvalue weighted by atomic mass is 32.2. The van der Waals surface area contributed by atoms with Crippen LogP contribution in [0.3, 0.4) is 0 Å². The van der Waals surface area contributed by atoms with Crippen molar-refractivity contribution in [1.82, 2.24) is 0 Å². The average Bonchev–Trinajstić information content (AvgIpc) is 2.67. The maximum Gasteiger partial charge on any atom is 0.200 e. The number of hydrogen-bond acceptors (Lipinski definition) is 4. The number of Topliss-reactive ketones (excluding diaryl/α,β-unsaturated/α-hetero) is 1. The highest BCUT2D eigenvalue weighted by molar-refractivity contribution is 7.90. The van der Waals surface area contributed by atoms with Crippen LogP contribution in [0.2, 0.25) is 0 Å². The van der Waals surface area contributed by atoms with Crippen LogP contribution < -0.4 is 0 Å². The van der Waals surface area contributed by atoms with E-state index in [0.29, 0.717) is 12.0 Å². The molecule has 2 aromatic rings. The topological polar surface area (TPSA) is 60.4 Å². The molecule has 1 aliphatic carbocycles. The van der Waals surface area contributed by atoms with Crippen LogP contribution in [0, 0.1) is 0 Å². The van der Waals surface area contributed by atoms with Gasteiger partial charge in [0.05, 0.1) is 4.90 Å². The van der Waals surface area contributed by atoms with Crippen LogP contribution in [0.15, 0.2) is 59.5 Å². The number of benzene rings is 2. The lowest BCUT2D eigenvalue weighted by Crippen LogP contribution is -2.50. The average molecular weight is 384 g/mol. The van der Waals surface area contributed by atoms with Crippen molar-refractivity contribution in [3.63, 3.8) is 0 Å². The summed E-state index contributed by atoms with van der Waals surface area (Å²) >= 11 is 0. The Kier molecular flexibility index (Phi) is 5.36. The van der Waals surface area contributed by atoms with Crippen molar-refractivity contribution < 1.29 is 17.9 Å². The van der Waals surface area contributed by atoms with E-state index in [4.69, 9.17) is 4.74 Å². The first-order valence-electron chi connectivity index (χ1n) is 9.05. The van der Waals surface area contributed by atoms with Gasteiger partial charge >= 0.3 is 0 Å². The molecule has 0 aliphatic heterocycles. The minimum absolute atomic E-state index is 0.00756. The van der Waals surface area contributed by atoms with E-state index < -0.39 is 15.4 Å². The molecule has 0 radical (unpaired) electrons. The lowest BCUT2D eigenvalue weighted by atomic mass is 9.64. The van der Waals surface area contributed by atoms with Crippen molar-refractivity contribution in [3.05, 3.63) is 65.7 Å². The second-order valence-corrected chi connectivity index (χ2v) is 8.89. The second kappa shape index (κ2) is 7.41. The first-order chi connectivity index (χ1) is 12.8. The first kappa shape index (κ1) is 19.5. The molecule has 5 heteroatoms. The highest BCUT2D eigenvalue weighted by Gasteiger charge is 2.54. The predicted molar refractivity (Wildman–Crippen MR) is 107 cm³/mol. The fraction of sp³-hybridized carbons (Fsp3) is 0.318. The third kappa shape index (κ3) is 3.37. The van der Waals surface area contributed by atoms with E-state index in [1.165, 1.54) is 6.26 Å². The van der Waals surface area contributed by atoms with Crippen molar-refractivity contribution in [2.75, 3.05) is 13.4 Å². The maximum atomic E-state index is 13.2. The Morgan fingerprint density at radius 3 is 2.11 bits per heavy atom. The molecule has 27 heavy (non-hydrogen) atoms. The number of carbonyl (C=O) groups excluding carboxylic acids is 1. The summed E-state index contributed by atoms with van der Waals surface area (Å²) in [7, 11) is -1.70. The summed E-state index contributed by atoms with van der Waals surface area (Å²) in [5.41, 5.74) is 2.20. The number of unbranched alkanes of at least 4 members (excludes halogenated alkanes) is 1. The van der Waals surface area contributed by atoms with Crippen molar-refractivity contribution in [1.29, 1.82) is 0 Å². The van der Waals surface area contributed by atoms with Gasteiger partial charge in [0, 0.05) is 24.5 Å². The summed E-state index contributed by atoms with van der Waals surface area (Å²) in [6.45, 7) is 2.08. The molecule has 0 bridgehead atoms. The van der Waals surface area contributed by atoms with Crippen molar-refractivity contribution in [3.8, 4) is 0 Å². The van der Waals surface area contributed by atoms with Gasteiger partial charge in [-0.15, -0.1) is 0 Å². The number of ether oxygens (including phenoxy) is 1. The van der Waals surface area contributed by atoms with Gasteiger partial charge in [0.1, 0.15) is 0 Å². The third-order valence-electron chi connectivity index (χ3n) is 5.11. The molecular weight excluding hydrogens is 360 g/mol. The molecule has 4 nitrogen and oxygen atoms in total. The summed E-state index contributed by atoms with van der Waals surface area (Å²) in [4.78, 5) is 13.4. The number of hydrogen-bond donors (Lipinski definition) is 0. The van der Waals surface area contributed by atoms with Gasteiger partial charge in [0.25, 0.3) is 0 Å². The zero-order valence-electron chi connectivity index (χ0n) is 15.9. The zero-order valence-corrected chi connectivity index (χ0v) is 16.7. The summed E-state index contributed by atoms with van der Waals surface area (Å²) in [6.07, 6.45) is 3.62. The van der Waals surface area contributed by atoms with E-state index in [1.807, 2.05) is 30.3 Å². The molecule has 142 valence electrons. The van der Waals surface area contributed by atoms with Crippen LogP contribution >= 0.6 is 0 Å². The Morgan fingerprint density at radius 1 is 0.963 bits per heavy atom. The molecule has 1 aliphatic rings. The molecule has 0 spiro atoms. The zero-order chi connectivity index (χ0) is 19.7. The van der Waals surface area contributed by atoms with Gasteiger partial charge in [0.15, 0.2) is 21.2 Å². The van der Waals surface area contributed by atoms with Crippen LogP contribution in [0.25, 0.3) is 11.1 Å². The van der Waals surface area contributed by atoms with Crippen molar-refractivity contribution in [2.45, 2.75) is 36.7 Å². The lowest BCUT2D eigenvalue weighted by Gasteiger charge is -2.43. The number of ketones is 1. The normalized spacial score (nSPS) is 19.9. The minimum Gasteiger partial charge on any atom is -0.365 e. The largest absolute Gasteiger partial charge is 0.365 e. The Labute approximate surface area is 160 Å². The van der Waals surface area contributed by atoms with E-state index in [0.717, 1.165) is 29.5 Å². The quantitative estimate of drug-likeness (QED) is 0.719. The summed E-state index contributed by atoms with van der Waals surface area (Å²) in [5, 5.41) is 0. The van der Waals surface area contributed by atoms with Crippen LogP contribution in [0.5, 0.6) is 0 Å². The minimum atomic E-state index is -3.27. The maximum absolute atomic E-state index is 13.2. The van der Waals surface area contributed by atoms with Crippen LogP contribution in [-0.4, -0.2) is 33.2 Å². The Morgan fingerprint density at radius 2 is 1.59 bits per heavy atom. The Balaban J connectivity index is 2.17. The monoisotopic (exact) mass is 384 g/mol. The number of carbonyl (C=O) groups is 1. The van der Waals surface area contributed by atoms with Gasteiger partial charge in [-0.3, -0.25) is 4.79 Å². The molecule has 0 aromatic heterocycles. The number of sulfone groups is 1. The van der Waals surface area contributed by atoms with E-state index in [2.05, 4.69) is 6.92 Å². The van der Waals surface area contributed by atoms with E-state index >= 15 is 0 Å². The molecule has 0 heterocycles. The predicted octanol–water partition coefficient (Wildman–Crippen LogP) is 4.16. The molecule has 0 saturated carbocycles. The number of methoxy groups -OCH3 is 1. The number of rotatable bonds is 7. The Bertz CT molecular complexity index is 973. The van der Waals surface area contributed by atoms with Crippen LogP contribution in [0.4, 0.5) is 0 Å². The summed E-state index contributed by atoms with van der Waals surface area (Å²) in [5.74, 6) is -0.00756. The molecule has 0 fully saturated rings. The third-order valence-corrected chi connectivity index (χ3v) is 6.24. The molecule has 1 atom stereocenters. The van der Waals surface area contributed by atoms with Gasteiger partial charge in [-0.25, -0.2) is 8.42 Å². The molecular formula is C22H24O4S. The Hall–Kier alpha value is -2.24. The molecule has 3 rings (SSSR count). The van der Waals surface area contributed by atoms with Crippen LogP contribution in [-0.2, 0) is 19.4 Å². The SMILES string of the molecule is CCCCC1(OC)C(=O)C(c2ccccc2)=C1c1ccc(S(C)(=O)=O)cc1. The highest BCUT2D eigenvalue weighted by Crippen LogP contribution is 2.51. The van der Waals surface area contributed by atoms with Gasteiger partial charge < -0.3 is 4.74 Å². The van der Waals surface area contributed by atoms with Gasteiger partial charge in [0.2, 0.25) is 0 Å². The molecule has 0 amide bonds. The fourth-order valence-corrected chi connectivity index (χ4v) is 4.29. The first-order valence-corrected chi connectivity index (χ1v) is 10.9. The summed E-state index contributed by atoms with van der Waals surface area (Å²) < 4.78 is 29.3. The summed E-state index contributed by atoms with van der Waals surface area (Å²) in [6, 6.07) is 16.2. The van der Waals surface area contributed by atoms with Crippen molar-refractivity contribution >= 4 is 26.8 Å². The van der Waals surface area contributed by atoms with Gasteiger partial charge in [-0.2, -0.15) is 0 Å².